The number of aryl methyl sites for hydroxylation is 1. The Hall–Kier alpha value is -1.32. The largest absolute Gasteiger partial charge is 0.320 e. The average Bonchev–Trinajstić information content (AvgIpc) is 2.65. The molecule has 2 aromatic rings. The number of nitrogens with two attached hydrogens (primary N) is 1. The summed E-state index contributed by atoms with van der Waals surface area (Å²) in [5.74, 6) is 0. The molecule has 0 saturated carbocycles. The highest BCUT2D eigenvalue weighted by molar-refractivity contribution is 6.30. The third-order valence-electron chi connectivity index (χ3n) is 2.31. The molecule has 0 aliphatic heterocycles. The number of nitrogens with zero attached hydrogens (tertiary/aromatic N) is 2. The molecule has 1 aromatic carbocycles. The summed E-state index contributed by atoms with van der Waals surface area (Å²) in [5, 5.41) is 4.81. The second-order valence-electron chi connectivity index (χ2n) is 3.48. The highest BCUT2D eigenvalue weighted by Gasteiger charge is 2.09. The minimum Gasteiger partial charge on any atom is -0.320 e. The zero-order chi connectivity index (χ0) is 10.8. The van der Waals surface area contributed by atoms with Gasteiger partial charge in [-0.05, 0) is 17.7 Å². The van der Waals surface area contributed by atoms with Crippen LogP contribution in [0, 0.1) is 0 Å². The molecule has 4 heteroatoms. The van der Waals surface area contributed by atoms with Gasteiger partial charge in [0.05, 0.1) is 12.2 Å². The summed E-state index contributed by atoms with van der Waals surface area (Å²) in [5.41, 5.74) is 8.12. The molecule has 0 spiro atoms. The van der Waals surface area contributed by atoms with Crippen LogP contribution in [0.2, 0.25) is 5.02 Å². The number of benzene rings is 1. The minimum absolute atomic E-state index is 0.143. The van der Waals surface area contributed by atoms with Gasteiger partial charge in [-0.2, -0.15) is 5.10 Å². The zero-order valence-corrected chi connectivity index (χ0v) is 9.15. The summed E-state index contributed by atoms with van der Waals surface area (Å²) in [6.07, 6.45) is 3.69. The average molecular weight is 222 g/mol. The first-order chi connectivity index (χ1) is 7.16. The zero-order valence-electron chi connectivity index (χ0n) is 8.39. The van der Waals surface area contributed by atoms with E-state index >= 15 is 0 Å². The molecule has 1 heterocycles. The molecule has 2 rings (SSSR count). The van der Waals surface area contributed by atoms with E-state index in [0.29, 0.717) is 0 Å². The summed E-state index contributed by atoms with van der Waals surface area (Å²) < 4.78 is 1.74. The van der Waals surface area contributed by atoms with Crippen LogP contribution in [0.15, 0.2) is 36.7 Å². The van der Waals surface area contributed by atoms with Crippen molar-refractivity contribution >= 4 is 11.6 Å². The van der Waals surface area contributed by atoms with Gasteiger partial charge in [-0.3, -0.25) is 4.68 Å². The van der Waals surface area contributed by atoms with Crippen molar-refractivity contribution in [3.8, 4) is 0 Å². The highest BCUT2D eigenvalue weighted by atomic mass is 35.5. The molecular weight excluding hydrogens is 210 g/mol. The molecule has 0 aliphatic rings. The van der Waals surface area contributed by atoms with Gasteiger partial charge < -0.3 is 5.73 Å². The van der Waals surface area contributed by atoms with E-state index in [1.807, 2.05) is 37.5 Å². The van der Waals surface area contributed by atoms with Gasteiger partial charge in [0, 0.05) is 23.8 Å². The number of halogens is 1. The van der Waals surface area contributed by atoms with E-state index in [-0.39, 0.29) is 6.04 Å². The van der Waals surface area contributed by atoms with Gasteiger partial charge in [0.1, 0.15) is 0 Å². The quantitative estimate of drug-likeness (QED) is 0.844. The normalized spacial score (nSPS) is 12.7. The van der Waals surface area contributed by atoms with Crippen LogP contribution in [0.1, 0.15) is 17.2 Å². The maximum atomic E-state index is 6.08. The highest BCUT2D eigenvalue weighted by Crippen LogP contribution is 2.20. The van der Waals surface area contributed by atoms with Crippen LogP contribution in [0.5, 0.6) is 0 Å². The Morgan fingerprint density at radius 1 is 1.27 bits per heavy atom. The Bertz CT molecular complexity index is 447. The molecule has 0 fully saturated rings. The lowest BCUT2D eigenvalue weighted by atomic mass is 10.0. The number of hydrogen-bond donors (Lipinski definition) is 1. The molecule has 2 N–H and O–H groups in total. The predicted molar refractivity (Wildman–Crippen MR) is 60.7 cm³/mol. The van der Waals surface area contributed by atoms with Crippen molar-refractivity contribution in [1.82, 2.24) is 9.78 Å². The number of hydrogen-bond acceptors (Lipinski definition) is 2. The predicted octanol–water partition coefficient (Wildman–Crippen LogP) is 2.12. The van der Waals surface area contributed by atoms with E-state index in [1.54, 1.807) is 10.9 Å². The molecule has 78 valence electrons. The van der Waals surface area contributed by atoms with Gasteiger partial charge in [0.2, 0.25) is 0 Å². The molecule has 3 nitrogen and oxygen atoms in total. The number of rotatable bonds is 2. The van der Waals surface area contributed by atoms with Gasteiger partial charge in [0.25, 0.3) is 0 Å². The Morgan fingerprint density at radius 2 is 1.93 bits per heavy atom. The molecular formula is C11H12ClN3. The molecule has 1 atom stereocenters. The van der Waals surface area contributed by atoms with Crippen molar-refractivity contribution < 1.29 is 0 Å². The van der Waals surface area contributed by atoms with Crippen LogP contribution in [-0.4, -0.2) is 9.78 Å². The van der Waals surface area contributed by atoms with Crippen LogP contribution in [-0.2, 0) is 7.05 Å². The molecule has 0 radical (unpaired) electrons. The summed E-state index contributed by atoms with van der Waals surface area (Å²) in [4.78, 5) is 0. The van der Waals surface area contributed by atoms with Crippen LogP contribution in [0.25, 0.3) is 0 Å². The summed E-state index contributed by atoms with van der Waals surface area (Å²) >= 11 is 5.81. The van der Waals surface area contributed by atoms with Crippen molar-refractivity contribution in [2.45, 2.75) is 6.04 Å². The van der Waals surface area contributed by atoms with E-state index < -0.39 is 0 Å². The molecule has 0 aliphatic carbocycles. The van der Waals surface area contributed by atoms with Crippen molar-refractivity contribution in [1.29, 1.82) is 0 Å². The topological polar surface area (TPSA) is 43.8 Å². The van der Waals surface area contributed by atoms with Crippen molar-refractivity contribution in [3.05, 3.63) is 52.8 Å². The monoisotopic (exact) mass is 221 g/mol. The fourth-order valence-corrected chi connectivity index (χ4v) is 1.59. The lowest BCUT2D eigenvalue weighted by molar-refractivity contribution is 0.765. The van der Waals surface area contributed by atoms with E-state index in [1.165, 1.54) is 0 Å². The van der Waals surface area contributed by atoms with Crippen molar-refractivity contribution in [3.63, 3.8) is 0 Å². The van der Waals surface area contributed by atoms with Gasteiger partial charge in [-0.25, -0.2) is 0 Å². The summed E-state index contributed by atoms with van der Waals surface area (Å²) in [6, 6.07) is 7.40. The molecule has 1 unspecified atom stereocenters. The van der Waals surface area contributed by atoms with E-state index in [4.69, 9.17) is 17.3 Å². The van der Waals surface area contributed by atoms with Gasteiger partial charge in [-0.15, -0.1) is 0 Å². The molecule has 0 saturated heterocycles. The molecule has 0 amide bonds. The third kappa shape index (κ3) is 2.19. The van der Waals surface area contributed by atoms with Gasteiger partial charge >= 0.3 is 0 Å². The minimum atomic E-state index is -0.143. The first-order valence-corrected chi connectivity index (χ1v) is 5.04. The standard InChI is InChI=1S/C11H12ClN3/c1-15-7-9(6-14-15)11(13)8-2-4-10(12)5-3-8/h2-7,11H,13H2,1H3. The Morgan fingerprint density at radius 3 is 2.47 bits per heavy atom. The number of aromatic nitrogens is 2. The lowest BCUT2D eigenvalue weighted by Gasteiger charge is -2.09. The molecule has 0 bridgehead atoms. The van der Waals surface area contributed by atoms with Crippen LogP contribution >= 0.6 is 11.6 Å². The fourth-order valence-electron chi connectivity index (χ4n) is 1.46. The van der Waals surface area contributed by atoms with E-state index in [2.05, 4.69) is 5.10 Å². The lowest BCUT2D eigenvalue weighted by Crippen LogP contribution is -2.10. The summed E-state index contributed by atoms with van der Waals surface area (Å²) in [6.45, 7) is 0. The van der Waals surface area contributed by atoms with Crippen LogP contribution in [0.4, 0.5) is 0 Å². The fraction of sp³-hybridized carbons (Fsp3) is 0.182. The second-order valence-corrected chi connectivity index (χ2v) is 3.91. The van der Waals surface area contributed by atoms with Crippen LogP contribution in [0.3, 0.4) is 0 Å². The first kappa shape index (κ1) is 10.2. The van der Waals surface area contributed by atoms with E-state index in [9.17, 15) is 0 Å². The van der Waals surface area contributed by atoms with Gasteiger partial charge in [-0.1, -0.05) is 23.7 Å². The SMILES string of the molecule is Cn1cc(C(N)c2ccc(Cl)cc2)cn1. The first-order valence-electron chi connectivity index (χ1n) is 4.66. The molecule has 15 heavy (non-hydrogen) atoms. The Labute approximate surface area is 93.5 Å². The second kappa shape index (κ2) is 4.04. The maximum absolute atomic E-state index is 6.08. The van der Waals surface area contributed by atoms with Crippen LogP contribution < -0.4 is 5.73 Å². The maximum Gasteiger partial charge on any atom is 0.0582 e. The van der Waals surface area contributed by atoms with Crippen molar-refractivity contribution in [2.24, 2.45) is 12.8 Å². The summed E-state index contributed by atoms with van der Waals surface area (Å²) in [7, 11) is 1.87. The van der Waals surface area contributed by atoms with Crippen molar-refractivity contribution in [2.75, 3.05) is 0 Å². The Kier molecular flexibility index (Phi) is 2.75. The third-order valence-corrected chi connectivity index (χ3v) is 2.57. The van der Waals surface area contributed by atoms with E-state index in [0.717, 1.165) is 16.1 Å². The smallest absolute Gasteiger partial charge is 0.0582 e. The molecule has 1 aromatic heterocycles. The van der Waals surface area contributed by atoms with Gasteiger partial charge in [0.15, 0.2) is 0 Å². The Balaban J connectivity index is 2.28.